The third-order valence-electron chi connectivity index (χ3n) is 5.45. The molecule has 0 aliphatic carbocycles. The third-order valence-corrected chi connectivity index (χ3v) is 5.45. The first kappa shape index (κ1) is 23.1. The van der Waals surface area contributed by atoms with Gasteiger partial charge in [0, 0.05) is 65.1 Å². The van der Waals surface area contributed by atoms with E-state index in [1.54, 1.807) is 0 Å². The van der Waals surface area contributed by atoms with Crippen molar-refractivity contribution >= 4 is 29.9 Å². The number of aliphatic imine (C=N–C) groups is 1. The second-order valence-corrected chi connectivity index (χ2v) is 7.31. The van der Waals surface area contributed by atoms with Crippen LogP contribution in [0.3, 0.4) is 0 Å². The lowest BCUT2D eigenvalue weighted by molar-refractivity contribution is -0.0318. The minimum Gasteiger partial charge on any atom is -0.381 e. The van der Waals surface area contributed by atoms with Gasteiger partial charge in [0.05, 0.1) is 19.3 Å². The molecule has 0 bridgehead atoms. The molecular formula is C19H37IN4O3. The Morgan fingerprint density at radius 1 is 1.07 bits per heavy atom. The molecule has 3 rings (SSSR count). The van der Waals surface area contributed by atoms with E-state index in [-0.39, 0.29) is 24.0 Å². The lowest BCUT2D eigenvalue weighted by atomic mass is 10.1. The van der Waals surface area contributed by atoms with E-state index < -0.39 is 0 Å². The van der Waals surface area contributed by atoms with Crippen molar-refractivity contribution in [2.75, 3.05) is 72.3 Å². The summed E-state index contributed by atoms with van der Waals surface area (Å²) in [5, 5.41) is 3.46. The maximum absolute atomic E-state index is 5.94. The molecule has 0 aromatic carbocycles. The molecule has 8 heteroatoms. The Hall–Kier alpha value is -0.160. The minimum absolute atomic E-state index is 0. The van der Waals surface area contributed by atoms with Gasteiger partial charge in [0.2, 0.25) is 0 Å². The fourth-order valence-corrected chi connectivity index (χ4v) is 3.94. The molecule has 1 N–H and O–H groups in total. The lowest BCUT2D eigenvalue weighted by Crippen LogP contribution is -2.46. The van der Waals surface area contributed by atoms with E-state index in [4.69, 9.17) is 19.2 Å². The van der Waals surface area contributed by atoms with Crippen molar-refractivity contribution in [3.63, 3.8) is 0 Å². The van der Waals surface area contributed by atoms with Gasteiger partial charge in [-0.1, -0.05) is 0 Å². The molecule has 0 aromatic heterocycles. The molecule has 3 aliphatic rings. The van der Waals surface area contributed by atoms with Crippen LogP contribution in [0.4, 0.5) is 0 Å². The molecule has 27 heavy (non-hydrogen) atoms. The molecule has 3 aliphatic heterocycles. The van der Waals surface area contributed by atoms with E-state index in [0.29, 0.717) is 12.1 Å². The molecule has 1 atom stereocenters. The van der Waals surface area contributed by atoms with Gasteiger partial charge >= 0.3 is 0 Å². The zero-order valence-corrected chi connectivity index (χ0v) is 19.1. The molecule has 0 saturated carbocycles. The predicted octanol–water partition coefficient (Wildman–Crippen LogP) is 1.56. The van der Waals surface area contributed by atoms with E-state index >= 15 is 0 Å². The molecule has 1 unspecified atom stereocenters. The Morgan fingerprint density at radius 2 is 1.81 bits per heavy atom. The average Bonchev–Trinajstić information content (AvgIpc) is 3.18. The topological polar surface area (TPSA) is 58.6 Å². The van der Waals surface area contributed by atoms with Crippen LogP contribution >= 0.6 is 24.0 Å². The average molecular weight is 496 g/mol. The maximum atomic E-state index is 5.94. The van der Waals surface area contributed by atoms with Crippen LogP contribution in [-0.4, -0.2) is 100 Å². The quantitative estimate of drug-likeness (QED) is 0.250. The van der Waals surface area contributed by atoms with Gasteiger partial charge in [-0.2, -0.15) is 0 Å². The van der Waals surface area contributed by atoms with E-state index in [1.165, 1.54) is 6.42 Å². The summed E-state index contributed by atoms with van der Waals surface area (Å²) in [4.78, 5) is 9.84. The van der Waals surface area contributed by atoms with Crippen molar-refractivity contribution in [3.8, 4) is 0 Å². The molecule has 3 fully saturated rings. The number of rotatable bonds is 7. The Labute approximate surface area is 181 Å². The summed E-state index contributed by atoms with van der Waals surface area (Å²) in [6.45, 7) is 12.4. The monoisotopic (exact) mass is 496 g/mol. The zero-order valence-electron chi connectivity index (χ0n) is 16.7. The Balaban J connectivity index is 0.00000261. The van der Waals surface area contributed by atoms with E-state index in [9.17, 15) is 0 Å². The van der Waals surface area contributed by atoms with Gasteiger partial charge in [0.15, 0.2) is 5.96 Å². The molecule has 0 aromatic rings. The van der Waals surface area contributed by atoms with Gasteiger partial charge in [0.1, 0.15) is 0 Å². The second kappa shape index (κ2) is 13.1. The van der Waals surface area contributed by atoms with Crippen LogP contribution in [0.5, 0.6) is 0 Å². The largest absolute Gasteiger partial charge is 0.381 e. The fourth-order valence-electron chi connectivity index (χ4n) is 3.94. The van der Waals surface area contributed by atoms with Crippen LogP contribution < -0.4 is 5.32 Å². The zero-order chi connectivity index (χ0) is 18.0. The first-order valence-electron chi connectivity index (χ1n) is 10.4. The SMILES string of the molecule is CCNC(=NCCCOC1CCOCC1)N1CCC(N2CCOCC2)C1.I. The van der Waals surface area contributed by atoms with E-state index in [0.717, 1.165) is 97.5 Å². The van der Waals surface area contributed by atoms with Crippen molar-refractivity contribution in [2.24, 2.45) is 4.99 Å². The molecule has 0 amide bonds. The molecule has 0 radical (unpaired) electrons. The first-order chi connectivity index (χ1) is 12.9. The number of likely N-dealkylation sites (tertiary alicyclic amines) is 1. The summed E-state index contributed by atoms with van der Waals surface area (Å²) in [6.07, 6.45) is 4.64. The fraction of sp³-hybridized carbons (Fsp3) is 0.947. The number of guanidine groups is 1. The molecule has 158 valence electrons. The summed E-state index contributed by atoms with van der Waals surface area (Å²) in [7, 11) is 0. The number of nitrogens with zero attached hydrogens (tertiary/aromatic N) is 3. The Bertz CT molecular complexity index is 429. The van der Waals surface area contributed by atoms with Crippen molar-refractivity contribution in [1.82, 2.24) is 15.1 Å². The third kappa shape index (κ3) is 7.64. The van der Waals surface area contributed by atoms with Gasteiger partial charge in [-0.3, -0.25) is 9.89 Å². The van der Waals surface area contributed by atoms with Gasteiger partial charge in [-0.25, -0.2) is 0 Å². The standard InChI is InChI=1S/C19H36N4O3.HI/c1-2-20-19(21-7-3-11-26-18-5-12-24-13-6-18)23-8-4-17(16-23)22-9-14-25-15-10-22;/h17-18H,2-16H2,1H3,(H,20,21);1H. The Kier molecular flexibility index (Phi) is 11.2. The molecule has 7 nitrogen and oxygen atoms in total. The molecule has 0 spiro atoms. The summed E-state index contributed by atoms with van der Waals surface area (Å²) in [5.74, 6) is 1.06. The Morgan fingerprint density at radius 3 is 2.56 bits per heavy atom. The number of hydrogen-bond donors (Lipinski definition) is 1. The van der Waals surface area contributed by atoms with E-state index in [1.807, 2.05) is 0 Å². The highest BCUT2D eigenvalue weighted by Crippen LogP contribution is 2.17. The normalized spacial score (nSPS) is 25.4. The van der Waals surface area contributed by atoms with Crippen molar-refractivity contribution in [2.45, 2.75) is 44.8 Å². The summed E-state index contributed by atoms with van der Waals surface area (Å²) < 4.78 is 16.8. The van der Waals surface area contributed by atoms with Crippen molar-refractivity contribution in [3.05, 3.63) is 0 Å². The van der Waals surface area contributed by atoms with Crippen LogP contribution in [0.1, 0.15) is 32.6 Å². The maximum Gasteiger partial charge on any atom is 0.193 e. The van der Waals surface area contributed by atoms with Crippen LogP contribution in [0.15, 0.2) is 4.99 Å². The number of morpholine rings is 1. The highest BCUT2D eigenvalue weighted by molar-refractivity contribution is 14.0. The lowest BCUT2D eigenvalue weighted by Gasteiger charge is -2.32. The molecule has 3 heterocycles. The second-order valence-electron chi connectivity index (χ2n) is 7.31. The van der Waals surface area contributed by atoms with Crippen LogP contribution in [-0.2, 0) is 14.2 Å². The van der Waals surface area contributed by atoms with Crippen LogP contribution in [0, 0.1) is 0 Å². The number of hydrogen-bond acceptors (Lipinski definition) is 5. The van der Waals surface area contributed by atoms with Crippen LogP contribution in [0.25, 0.3) is 0 Å². The molecule has 3 saturated heterocycles. The smallest absolute Gasteiger partial charge is 0.193 e. The van der Waals surface area contributed by atoms with Crippen molar-refractivity contribution < 1.29 is 14.2 Å². The number of halogens is 1. The first-order valence-corrected chi connectivity index (χ1v) is 10.4. The minimum atomic E-state index is 0. The van der Waals surface area contributed by atoms with E-state index in [2.05, 4.69) is 22.0 Å². The van der Waals surface area contributed by atoms with Crippen molar-refractivity contribution in [1.29, 1.82) is 0 Å². The van der Waals surface area contributed by atoms with Gasteiger partial charge in [-0.05, 0) is 32.6 Å². The predicted molar refractivity (Wildman–Crippen MR) is 118 cm³/mol. The number of nitrogens with one attached hydrogen (secondary N) is 1. The highest BCUT2D eigenvalue weighted by Gasteiger charge is 2.30. The summed E-state index contributed by atoms with van der Waals surface area (Å²) in [5.41, 5.74) is 0. The molecular weight excluding hydrogens is 459 g/mol. The van der Waals surface area contributed by atoms with Gasteiger partial charge < -0.3 is 24.4 Å². The summed E-state index contributed by atoms with van der Waals surface area (Å²) in [6, 6.07) is 0.639. The van der Waals surface area contributed by atoms with Gasteiger partial charge in [-0.15, -0.1) is 24.0 Å². The summed E-state index contributed by atoms with van der Waals surface area (Å²) >= 11 is 0. The highest BCUT2D eigenvalue weighted by atomic mass is 127. The van der Waals surface area contributed by atoms with Gasteiger partial charge in [0.25, 0.3) is 0 Å². The van der Waals surface area contributed by atoms with Crippen LogP contribution in [0.2, 0.25) is 0 Å². The number of ether oxygens (including phenoxy) is 3.